The van der Waals surface area contributed by atoms with Crippen molar-refractivity contribution in [1.29, 1.82) is 0 Å². The van der Waals surface area contributed by atoms with Crippen molar-refractivity contribution >= 4 is 5.65 Å². The first kappa shape index (κ1) is 17.2. The first-order chi connectivity index (χ1) is 13.3. The molecule has 0 amide bonds. The molecule has 5 nitrogen and oxygen atoms in total. The van der Waals surface area contributed by atoms with Gasteiger partial charge in [0.05, 0.1) is 23.7 Å². The van der Waals surface area contributed by atoms with Crippen LogP contribution in [-0.2, 0) is 4.74 Å². The van der Waals surface area contributed by atoms with Gasteiger partial charge >= 0.3 is 0 Å². The lowest BCUT2D eigenvalue weighted by molar-refractivity contribution is 0.146. The molecule has 0 atom stereocenters. The van der Waals surface area contributed by atoms with Crippen LogP contribution in [0.1, 0.15) is 5.69 Å². The van der Waals surface area contributed by atoms with E-state index in [-0.39, 0.29) is 0 Å². The number of aromatic nitrogens is 3. The standard InChI is InChI=1S/C22H21N3O2/c1-16-22(18-8-10-19(11-9-18)27-15-14-26-2)23-21-13-12-20(24-25(16)21)17-6-4-3-5-7-17/h3-13H,14-15H2,1-2H3. The van der Waals surface area contributed by atoms with E-state index in [2.05, 4.69) is 12.1 Å². The SMILES string of the molecule is COCCOc1ccc(-c2nc3ccc(-c4ccccc4)nn3c2C)cc1. The number of methoxy groups -OCH3 is 1. The lowest BCUT2D eigenvalue weighted by Crippen LogP contribution is -2.03. The van der Waals surface area contributed by atoms with Gasteiger partial charge in [0, 0.05) is 18.2 Å². The van der Waals surface area contributed by atoms with Crippen LogP contribution in [0.4, 0.5) is 0 Å². The monoisotopic (exact) mass is 359 g/mol. The van der Waals surface area contributed by atoms with E-state index in [0.717, 1.165) is 39.6 Å². The Morgan fingerprint density at radius 3 is 2.37 bits per heavy atom. The Kier molecular flexibility index (Phi) is 4.85. The summed E-state index contributed by atoms with van der Waals surface area (Å²) >= 11 is 0. The second-order valence-corrected chi connectivity index (χ2v) is 6.27. The molecule has 0 fully saturated rings. The largest absolute Gasteiger partial charge is 0.491 e. The van der Waals surface area contributed by atoms with Gasteiger partial charge in [0.2, 0.25) is 0 Å². The van der Waals surface area contributed by atoms with Crippen LogP contribution < -0.4 is 4.74 Å². The van der Waals surface area contributed by atoms with Crippen LogP contribution >= 0.6 is 0 Å². The average Bonchev–Trinajstić information content (AvgIpc) is 3.05. The fourth-order valence-corrected chi connectivity index (χ4v) is 3.03. The molecule has 0 saturated heterocycles. The van der Waals surface area contributed by atoms with Crippen LogP contribution in [0, 0.1) is 6.92 Å². The number of hydrogen-bond donors (Lipinski definition) is 0. The number of hydrogen-bond acceptors (Lipinski definition) is 4. The van der Waals surface area contributed by atoms with Gasteiger partial charge in [-0.25, -0.2) is 9.50 Å². The Morgan fingerprint density at radius 2 is 1.63 bits per heavy atom. The summed E-state index contributed by atoms with van der Waals surface area (Å²) in [6.45, 7) is 3.15. The lowest BCUT2D eigenvalue weighted by atomic mass is 10.1. The third-order valence-corrected chi connectivity index (χ3v) is 4.46. The zero-order valence-corrected chi connectivity index (χ0v) is 15.4. The van der Waals surface area contributed by atoms with Gasteiger partial charge in [-0.15, -0.1) is 0 Å². The third-order valence-electron chi connectivity index (χ3n) is 4.46. The minimum atomic E-state index is 0.537. The summed E-state index contributed by atoms with van der Waals surface area (Å²) in [5.74, 6) is 0.821. The Balaban J connectivity index is 1.65. The van der Waals surface area contributed by atoms with E-state index in [1.807, 2.05) is 66.0 Å². The maximum Gasteiger partial charge on any atom is 0.154 e. The van der Waals surface area contributed by atoms with Crippen molar-refractivity contribution in [1.82, 2.24) is 14.6 Å². The third kappa shape index (κ3) is 3.55. The predicted molar refractivity (Wildman–Crippen MR) is 106 cm³/mol. The normalized spacial score (nSPS) is 11.0. The highest BCUT2D eigenvalue weighted by Gasteiger charge is 2.12. The molecule has 0 aliphatic rings. The quantitative estimate of drug-likeness (QED) is 0.479. The van der Waals surface area contributed by atoms with Crippen LogP contribution in [0.3, 0.4) is 0 Å². The van der Waals surface area contributed by atoms with Crippen LogP contribution in [-0.4, -0.2) is 34.9 Å². The van der Waals surface area contributed by atoms with Gasteiger partial charge in [0.25, 0.3) is 0 Å². The summed E-state index contributed by atoms with van der Waals surface area (Å²) in [6.07, 6.45) is 0. The topological polar surface area (TPSA) is 48.7 Å². The van der Waals surface area contributed by atoms with Crippen molar-refractivity contribution in [3.05, 3.63) is 72.4 Å². The first-order valence-electron chi connectivity index (χ1n) is 8.90. The van der Waals surface area contributed by atoms with Crippen molar-refractivity contribution in [3.63, 3.8) is 0 Å². The highest BCUT2D eigenvalue weighted by molar-refractivity contribution is 5.68. The Morgan fingerprint density at radius 1 is 0.852 bits per heavy atom. The zero-order chi connectivity index (χ0) is 18.6. The van der Waals surface area contributed by atoms with Crippen LogP contribution in [0.25, 0.3) is 28.2 Å². The molecule has 2 heterocycles. The molecular weight excluding hydrogens is 338 g/mol. The molecule has 0 N–H and O–H groups in total. The molecule has 0 saturated carbocycles. The van der Waals surface area contributed by atoms with Gasteiger partial charge in [-0.1, -0.05) is 30.3 Å². The van der Waals surface area contributed by atoms with E-state index in [9.17, 15) is 0 Å². The highest BCUT2D eigenvalue weighted by atomic mass is 16.5. The van der Waals surface area contributed by atoms with Crippen molar-refractivity contribution in [3.8, 4) is 28.3 Å². The van der Waals surface area contributed by atoms with E-state index < -0.39 is 0 Å². The van der Waals surface area contributed by atoms with Crippen molar-refractivity contribution in [2.24, 2.45) is 0 Å². The fourth-order valence-electron chi connectivity index (χ4n) is 3.03. The molecule has 27 heavy (non-hydrogen) atoms. The van der Waals surface area contributed by atoms with Crippen molar-refractivity contribution in [2.75, 3.05) is 20.3 Å². The van der Waals surface area contributed by atoms with Gasteiger partial charge in [0.1, 0.15) is 12.4 Å². The second-order valence-electron chi connectivity index (χ2n) is 6.27. The molecule has 0 spiro atoms. The second kappa shape index (κ2) is 7.60. The highest BCUT2D eigenvalue weighted by Crippen LogP contribution is 2.26. The number of rotatable bonds is 6. The maximum absolute atomic E-state index is 5.63. The summed E-state index contributed by atoms with van der Waals surface area (Å²) in [7, 11) is 1.66. The van der Waals surface area contributed by atoms with Gasteiger partial charge in [-0.3, -0.25) is 0 Å². The number of ether oxygens (including phenoxy) is 2. The van der Waals surface area contributed by atoms with Crippen molar-refractivity contribution in [2.45, 2.75) is 6.92 Å². The molecular formula is C22H21N3O2. The van der Waals surface area contributed by atoms with Gasteiger partial charge in [-0.2, -0.15) is 5.10 Å². The van der Waals surface area contributed by atoms with Crippen LogP contribution in [0.5, 0.6) is 5.75 Å². The maximum atomic E-state index is 5.63. The minimum Gasteiger partial charge on any atom is -0.491 e. The molecule has 0 unspecified atom stereocenters. The van der Waals surface area contributed by atoms with E-state index >= 15 is 0 Å². The van der Waals surface area contributed by atoms with Gasteiger partial charge in [-0.05, 0) is 43.3 Å². The summed E-state index contributed by atoms with van der Waals surface area (Å²) in [4.78, 5) is 4.76. The molecule has 5 heteroatoms. The fraction of sp³-hybridized carbons (Fsp3) is 0.182. The number of aryl methyl sites for hydroxylation is 1. The molecule has 0 bridgehead atoms. The van der Waals surface area contributed by atoms with E-state index in [1.165, 1.54) is 0 Å². The molecule has 0 aliphatic heterocycles. The average molecular weight is 359 g/mol. The Labute approximate surface area is 158 Å². The Hall–Kier alpha value is -3.18. The molecule has 136 valence electrons. The summed E-state index contributed by atoms with van der Waals surface area (Å²) < 4.78 is 12.5. The summed E-state index contributed by atoms with van der Waals surface area (Å²) in [5, 5.41) is 4.77. The minimum absolute atomic E-state index is 0.537. The lowest BCUT2D eigenvalue weighted by Gasteiger charge is -2.06. The van der Waals surface area contributed by atoms with Crippen LogP contribution in [0.15, 0.2) is 66.7 Å². The number of imidazole rings is 1. The number of fused-ring (bicyclic) bond motifs is 1. The van der Waals surface area contributed by atoms with Crippen LogP contribution in [0.2, 0.25) is 0 Å². The molecule has 4 rings (SSSR count). The van der Waals surface area contributed by atoms with E-state index in [0.29, 0.717) is 13.2 Å². The first-order valence-corrected chi connectivity index (χ1v) is 8.90. The zero-order valence-electron chi connectivity index (χ0n) is 15.4. The van der Waals surface area contributed by atoms with E-state index in [1.54, 1.807) is 7.11 Å². The Bertz CT molecular complexity index is 1040. The number of benzene rings is 2. The molecule has 4 aromatic rings. The smallest absolute Gasteiger partial charge is 0.154 e. The molecule has 2 aromatic heterocycles. The number of nitrogens with zero attached hydrogens (tertiary/aromatic N) is 3. The summed E-state index contributed by atoms with van der Waals surface area (Å²) in [6, 6.07) is 22.1. The molecule has 2 aromatic carbocycles. The van der Waals surface area contributed by atoms with E-state index in [4.69, 9.17) is 19.6 Å². The molecule has 0 radical (unpaired) electrons. The van der Waals surface area contributed by atoms with Gasteiger partial charge in [0.15, 0.2) is 5.65 Å². The predicted octanol–water partition coefficient (Wildman–Crippen LogP) is 4.40. The van der Waals surface area contributed by atoms with Crippen molar-refractivity contribution < 1.29 is 9.47 Å². The molecule has 0 aliphatic carbocycles. The van der Waals surface area contributed by atoms with Gasteiger partial charge < -0.3 is 9.47 Å². The summed E-state index contributed by atoms with van der Waals surface area (Å²) in [5.41, 5.74) is 5.83.